The van der Waals surface area contributed by atoms with Gasteiger partial charge in [0, 0.05) is 12.3 Å². The van der Waals surface area contributed by atoms with Gasteiger partial charge in [0.15, 0.2) is 23.2 Å². The second kappa shape index (κ2) is 11.0. The third-order valence-electron chi connectivity index (χ3n) is 5.28. The molecule has 0 bridgehead atoms. The summed E-state index contributed by atoms with van der Waals surface area (Å²) in [4.78, 5) is 25.1. The predicted octanol–water partition coefficient (Wildman–Crippen LogP) is 3.53. The van der Waals surface area contributed by atoms with Crippen molar-refractivity contribution < 1.29 is 27.5 Å². The number of unbranched alkanes of at least 4 members (excludes halogenated alkanes) is 1. The Labute approximate surface area is 173 Å². The van der Waals surface area contributed by atoms with E-state index in [1.165, 1.54) is 6.92 Å². The van der Waals surface area contributed by atoms with Crippen LogP contribution >= 0.6 is 0 Å². The summed E-state index contributed by atoms with van der Waals surface area (Å²) in [5.41, 5.74) is 5.18. The Morgan fingerprint density at radius 1 is 1.23 bits per heavy atom. The van der Waals surface area contributed by atoms with E-state index in [1.807, 2.05) is 0 Å². The maximum absolute atomic E-state index is 14.1. The lowest BCUT2D eigenvalue weighted by Crippen LogP contribution is -2.45. The van der Waals surface area contributed by atoms with E-state index in [-0.39, 0.29) is 29.6 Å². The van der Waals surface area contributed by atoms with Gasteiger partial charge in [0.1, 0.15) is 6.61 Å². The monoisotopic (exact) mass is 427 g/mol. The number of ketones is 1. The van der Waals surface area contributed by atoms with E-state index in [4.69, 9.17) is 15.9 Å². The van der Waals surface area contributed by atoms with Crippen LogP contribution in [0.1, 0.15) is 56.9 Å². The highest BCUT2D eigenvalue weighted by Crippen LogP contribution is 2.27. The normalized spacial score (nSPS) is 15.1. The van der Waals surface area contributed by atoms with Crippen LogP contribution in [0.15, 0.2) is 6.07 Å². The lowest BCUT2D eigenvalue weighted by Gasteiger charge is -2.20. The molecule has 0 aliphatic heterocycles. The van der Waals surface area contributed by atoms with Gasteiger partial charge in [-0.1, -0.05) is 19.3 Å². The van der Waals surface area contributed by atoms with Gasteiger partial charge in [-0.2, -0.15) is 4.39 Å². The van der Waals surface area contributed by atoms with Gasteiger partial charge in [0.2, 0.25) is 11.7 Å². The van der Waals surface area contributed by atoms with Crippen molar-refractivity contribution in [2.45, 2.75) is 64.3 Å². The van der Waals surface area contributed by atoms with Crippen LogP contribution in [0.25, 0.3) is 0 Å². The lowest BCUT2D eigenvalue weighted by molar-refractivity contribution is -0.131. The molecule has 1 aliphatic rings. The highest BCUT2D eigenvalue weighted by atomic mass is 19.2. The van der Waals surface area contributed by atoms with Crippen molar-refractivity contribution in [2.75, 3.05) is 6.61 Å². The van der Waals surface area contributed by atoms with E-state index in [1.54, 1.807) is 0 Å². The Hall–Kier alpha value is -2.58. The number of carbonyl (C=O) groups excluding carboxylic acids is 2. The number of nitrogens with one attached hydrogen (secondary N) is 2. The SMILES string of the molecule is Cc1cc(F)c(F)c(OCC(=O)[C@H](CCCCC(=N)N)NC(=O)C2CCCC2)c1F. The van der Waals surface area contributed by atoms with Gasteiger partial charge in [-0.25, -0.2) is 8.78 Å². The standard InChI is InChI=1S/C21H28F3N3O3/c1-12-10-14(22)19(24)20(18(12)23)30-11-16(28)15(8-4-5-9-17(25)26)27-21(29)13-6-2-3-7-13/h10,13,15H,2-9,11H2,1H3,(H3,25,26)(H,27,29)/t15-/m0/s1. The van der Waals surface area contributed by atoms with Gasteiger partial charge in [0.25, 0.3) is 0 Å². The molecule has 1 atom stereocenters. The molecule has 0 radical (unpaired) electrons. The molecule has 1 aliphatic carbocycles. The summed E-state index contributed by atoms with van der Waals surface area (Å²) in [6.07, 6.45) is 5.15. The molecule has 1 amide bonds. The number of amides is 1. The number of benzene rings is 1. The molecule has 0 spiro atoms. The zero-order valence-electron chi connectivity index (χ0n) is 17.0. The Balaban J connectivity index is 2.03. The summed E-state index contributed by atoms with van der Waals surface area (Å²) < 4.78 is 46.5. The molecular formula is C21H28F3N3O3. The minimum Gasteiger partial charge on any atom is -0.480 e. The van der Waals surface area contributed by atoms with Crippen molar-refractivity contribution >= 4 is 17.5 Å². The predicted molar refractivity (Wildman–Crippen MR) is 106 cm³/mol. The Morgan fingerprint density at radius 3 is 2.53 bits per heavy atom. The summed E-state index contributed by atoms with van der Waals surface area (Å²) in [6.45, 7) is 0.547. The molecule has 1 saturated carbocycles. The average molecular weight is 427 g/mol. The molecule has 6 nitrogen and oxygen atoms in total. The maximum atomic E-state index is 14.1. The van der Waals surface area contributed by atoms with Crippen LogP contribution in [0.3, 0.4) is 0 Å². The van der Waals surface area contributed by atoms with Crippen molar-refractivity contribution in [2.24, 2.45) is 11.7 Å². The van der Waals surface area contributed by atoms with Gasteiger partial charge in [-0.05, 0) is 44.2 Å². The number of ether oxygens (including phenoxy) is 1. The van der Waals surface area contributed by atoms with Crippen LogP contribution in [0.4, 0.5) is 13.2 Å². The smallest absolute Gasteiger partial charge is 0.223 e. The average Bonchev–Trinajstić information content (AvgIpc) is 3.23. The van der Waals surface area contributed by atoms with Crippen LogP contribution in [0, 0.1) is 35.7 Å². The highest BCUT2D eigenvalue weighted by Gasteiger charge is 2.28. The number of halogens is 3. The molecule has 4 N–H and O–H groups in total. The molecule has 0 saturated heterocycles. The van der Waals surface area contributed by atoms with Gasteiger partial charge < -0.3 is 15.8 Å². The summed E-state index contributed by atoms with van der Waals surface area (Å²) in [7, 11) is 0. The first-order valence-electron chi connectivity index (χ1n) is 10.1. The van der Waals surface area contributed by atoms with Crippen LogP contribution in [-0.2, 0) is 9.59 Å². The van der Waals surface area contributed by atoms with Crippen LogP contribution in [0.5, 0.6) is 5.75 Å². The molecule has 0 unspecified atom stereocenters. The molecule has 9 heteroatoms. The first-order chi connectivity index (χ1) is 14.2. The summed E-state index contributed by atoms with van der Waals surface area (Å²) in [5, 5.41) is 9.97. The fraction of sp³-hybridized carbons (Fsp3) is 0.571. The van der Waals surface area contributed by atoms with Crippen molar-refractivity contribution in [3.8, 4) is 5.75 Å². The van der Waals surface area contributed by atoms with Crippen molar-refractivity contribution in [1.82, 2.24) is 5.32 Å². The number of amidine groups is 1. The van der Waals surface area contributed by atoms with E-state index < -0.39 is 41.6 Å². The maximum Gasteiger partial charge on any atom is 0.223 e. The van der Waals surface area contributed by atoms with Crippen LogP contribution < -0.4 is 15.8 Å². The zero-order chi connectivity index (χ0) is 22.3. The number of aryl methyl sites for hydroxylation is 1. The van der Waals surface area contributed by atoms with Gasteiger partial charge in [-0.15, -0.1) is 0 Å². The number of nitrogens with two attached hydrogens (primary N) is 1. The van der Waals surface area contributed by atoms with E-state index in [2.05, 4.69) is 5.32 Å². The van der Waals surface area contributed by atoms with Crippen LogP contribution in [0.2, 0.25) is 0 Å². The Bertz CT molecular complexity index is 769. The van der Waals surface area contributed by atoms with Gasteiger partial charge in [-0.3, -0.25) is 15.0 Å². The second-order valence-corrected chi connectivity index (χ2v) is 7.70. The van der Waals surface area contributed by atoms with Crippen molar-refractivity contribution in [3.63, 3.8) is 0 Å². The summed E-state index contributed by atoms with van der Waals surface area (Å²) >= 11 is 0. The number of hydrogen-bond acceptors (Lipinski definition) is 4. The topological polar surface area (TPSA) is 105 Å². The molecule has 30 heavy (non-hydrogen) atoms. The molecule has 166 valence electrons. The third-order valence-corrected chi connectivity index (χ3v) is 5.28. The Morgan fingerprint density at radius 2 is 1.90 bits per heavy atom. The largest absolute Gasteiger partial charge is 0.480 e. The van der Waals surface area contributed by atoms with Crippen LogP contribution in [-0.4, -0.2) is 30.2 Å². The number of hydrogen-bond donors (Lipinski definition) is 3. The molecule has 0 heterocycles. The first-order valence-corrected chi connectivity index (χ1v) is 10.1. The zero-order valence-corrected chi connectivity index (χ0v) is 17.0. The van der Waals surface area contributed by atoms with E-state index in [0.717, 1.165) is 25.7 Å². The molecule has 1 aromatic carbocycles. The summed E-state index contributed by atoms with van der Waals surface area (Å²) in [5.74, 6) is -5.71. The van der Waals surface area contributed by atoms with E-state index in [0.29, 0.717) is 25.3 Å². The fourth-order valence-electron chi connectivity index (χ4n) is 3.53. The number of Topliss-reactive ketones (excluding diaryl/α,β-unsaturated/α-hetero) is 1. The molecule has 1 aromatic rings. The van der Waals surface area contributed by atoms with E-state index in [9.17, 15) is 22.8 Å². The van der Waals surface area contributed by atoms with Gasteiger partial charge in [0.05, 0.1) is 11.9 Å². The molecule has 2 rings (SSSR count). The fourth-order valence-corrected chi connectivity index (χ4v) is 3.53. The molecular weight excluding hydrogens is 399 g/mol. The minimum absolute atomic E-state index is 0.0311. The lowest BCUT2D eigenvalue weighted by atomic mass is 10.0. The summed E-state index contributed by atoms with van der Waals surface area (Å²) in [6, 6.07) is -0.190. The second-order valence-electron chi connectivity index (χ2n) is 7.70. The highest BCUT2D eigenvalue weighted by molar-refractivity contribution is 5.90. The van der Waals surface area contributed by atoms with E-state index >= 15 is 0 Å². The minimum atomic E-state index is -1.50. The van der Waals surface area contributed by atoms with Gasteiger partial charge >= 0.3 is 0 Å². The number of carbonyl (C=O) groups is 2. The molecule has 0 aromatic heterocycles. The first kappa shape index (κ1) is 23.7. The molecule has 1 fully saturated rings. The quantitative estimate of drug-likeness (QED) is 0.217. The number of rotatable bonds is 11. The third kappa shape index (κ3) is 6.47. The van der Waals surface area contributed by atoms with Crippen molar-refractivity contribution in [1.29, 1.82) is 5.41 Å². The Kier molecular flexibility index (Phi) is 8.68. The van der Waals surface area contributed by atoms with Crippen molar-refractivity contribution in [3.05, 3.63) is 29.1 Å².